The molecule has 0 spiro atoms. The minimum Gasteiger partial charge on any atom is -0.345 e. The number of amides is 2. The molecule has 1 aliphatic rings. The van der Waals surface area contributed by atoms with E-state index < -0.39 is 23.5 Å². The van der Waals surface area contributed by atoms with Crippen LogP contribution in [-0.4, -0.2) is 28.0 Å². The van der Waals surface area contributed by atoms with Crippen molar-refractivity contribution >= 4 is 17.8 Å². The minimum absolute atomic E-state index is 0.143. The highest BCUT2D eigenvalue weighted by atomic mass is 19.4. The molecule has 1 saturated carbocycles. The molecule has 1 heterocycles. The van der Waals surface area contributed by atoms with E-state index in [9.17, 15) is 27.2 Å². The molecule has 0 unspecified atom stereocenters. The molecule has 1 fully saturated rings. The molecule has 0 saturated heterocycles. The lowest BCUT2D eigenvalue weighted by molar-refractivity contribution is -0.174. The standard InChI is InChI=1S/C17H15F4N5O2/c1-9-6-11(2-3-12(9)18)16(4-5-16)24-15-22-7-10(8-23-15)13(27)25-26-14(28)17(19,20)21/h2-3,6-8H,4-5H2,1H3,(H,25,27)(H,26,28)(H,22,23,24). The Labute approximate surface area is 156 Å². The molecule has 3 rings (SSSR count). The molecule has 1 aliphatic carbocycles. The smallest absolute Gasteiger partial charge is 0.345 e. The number of anilines is 1. The highest BCUT2D eigenvalue weighted by Crippen LogP contribution is 2.48. The first kappa shape index (κ1) is 19.5. The number of rotatable bonds is 4. The van der Waals surface area contributed by atoms with E-state index in [1.54, 1.807) is 24.5 Å². The number of hydrogen-bond donors (Lipinski definition) is 3. The van der Waals surface area contributed by atoms with Gasteiger partial charge in [0.2, 0.25) is 5.95 Å². The van der Waals surface area contributed by atoms with Crippen LogP contribution in [0.15, 0.2) is 30.6 Å². The van der Waals surface area contributed by atoms with Gasteiger partial charge in [0.05, 0.1) is 11.1 Å². The summed E-state index contributed by atoms with van der Waals surface area (Å²) >= 11 is 0. The van der Waals surface area contributed by atoms with Gasteiger partial charge in [-0.1, -0.05) is 12.1 Å². The van der Waals surface area contributed by atoms with E-state index in [1.807, 2.05) is 0 Å². The van der Waals surface area contributed by atoms with Gasteiger partial charge >= 0.3 is 12.1 Å². The first-order valence-electron chi connectivity index (χ1n) is 8.15. The second-order valence-electron chi connectivity index (χ2n) is 6.37. The Morgan fingerprint density at radius 3 is 2.29 bits per heavy atom. The highest BCUT2D eigenvalue weighted by Gasteiger charge is 2.45. The van der Waals surface area contributed by atoms with E-state index in [1.165, 1.54) is 11.5 Å². The first-order valence-corrected chi connectivity index (χ1v) is 8.15. The van der Waals surface area contributed by atoms with Gasteiger partial charge in [-0.15, -0.1) is 0 Å². The Bertz CT molecular complexity index is 911. The normalized spacial score (nSPS) is 14.9. The molecule has 0 atom stereocenters. The van der Waals surface area contributed by atoms with Crippen LogP contribution < -0.4 is 16.2 Å². The van der Waals surface area contributed by atoms with Crippen molar-refractivity contribution in [3.63, 3.8) is 0 Å². The summed E-state index contributed by atoms with van der Waals surface area (Å²) in [4.78, 5) is 30.4. The maximum Gasteiger partial charge on any atom is 0.472 e. The number of hydrazine groups is 1. The quantitative estimate of drug-likeness (QED) is 0.544. The van der Waals surface area contributed by atoms with Crippen LogP contribution in [0.5, 0.6) is 0 Å². The minimum atomic E-state index is -5.12. The molecular weight excluding hydrogens is 382 g/mol. The lowest BCUT2D eigenvalue weighted by Crippen LogP contribution is -2.47. The van der Waals surface area contributed by atoms with Crippen LogP contribution in [0.2, 0.25) is 0 Å². The fourth-order valence-electron chi connectivity index (χ4n) is 2.53. The summed E-state index contributed by atoms with van der Waals surface area (Å²) in [5.74, 6) is -3.40. The number of carbonyl (C=O) groups excluding carboxylic acids is 2. The van der Waals surface area contributed by atoms with E-state index in [2.05, 4.69) is 15.3 Å². The first-order chi connectivity index (χ1) is 13.1. The van der Waals surface area contributed by atoms with Crippen LogP contribution >= 0.6 is 0 Å². The molecule has 1 aromatic heterocycles. The number of nitrogens with zero attached hydrogens (tertiary/aromatic N) is 2. The third-order valence-electron chi connectivity index (χ3n) is 4.27. The van der Waals surface area contributed by atoms with E-state index >= 15 is 0 Å². The van der Waals surface area contributed by atoms with Crippen molar-refractivity contribution in [1.82, 2.24) is 20.8 Å². The number of carbonyl (C=O) groups is 2. The lowest BCUT2D eigenvalue weighted by atomic mass is 10.0. The third kappa shape index (κ3) is 4.18. The fraction of sp³-hybridized carbons (Fsp3) is 0.294. The molecule has 3 N–H and O–H groups in total. The Kier molecular flexibility index (Phi) is 4.92. The van der Waals surface area contributed by atoms with Crippen LogP contribution in [0.4, 0.5) is 23.5 Å². The highest BCUT2D eigenvalue weighted by molar-refractivity contribution is 5.95. The van der Waals surface area contributed by atoms with Crippen LogP contribution in [0, 0.1) is 12.7 Å². The van der Waals surface area contributed by atoms with E-state index in [0.717, 1.165) is 30.8 Å². The monoisotopic (exact) mass is 397 g/mol. The summed E-state index contributed by atoms with van der Waals surface area (Å²) in [6.45, 7) is 1.66. The number of nitrogens with one attached hydrogen (secondary N) is 3. The third-order valence-corrected chi connectivity index (χ3v) is 4.27. The van der Waals surface area contributed by atoms with Gasteiger partial charge in [0.15, 0.2) is 0 Å². The SMILES string of the molecule is Cc1cc(C2(Nc3ncc(C(=O)NNC(=O)C(F)(F)F)cn3)CC2)ccc1F. The number of aromatic nitrogens is 2. The van der Waals surface area contributed by atoms with Crippen molar-refractivity contribution in [2.24, 2.45) is 0 Å². The zero-order valence-electron chi connectivity index (χ0n) is 14.5. The topological polar surface area (TPSA) is 96.0 Å². The van der Waals surface area contributed by atoms with Gasteiger partial charge in [-0.3, -0.25) is 20.4 Å². The number of aryl methyl sites for hydroxylation is 1. The predicted molar refractivity (Wildman–Crippen MR) is 89.4 cm³/mol. The maximum atomic E-state index is 13.5. The van der Waals surface area contributed by atoms with E-state index in [4.69, 9.17) is 0 Å². The van der Waals surface area contributed by atoms with Gasteiger partial charge in [-0.2, -0.15) is 13.2 Å². The Hall–Kier alpha value is -3.24. The summed E-state index contributed by atoms with van der Waals surface area (Å²) in [6, 6.07) is 4.80. The van der Waals surface area contributed by atoms with Crippen LogP contribution in [0.25, 0.3) is 0 Å². The van der Waals surface area contributed by atoms with E-state index in [0.29, 0.717) is 5.56 Å². The molecule has 7 nitrogen and oxygen atoms in total. The second-order valence-corrected chi connectivity index (χ2v) is 6.37. The maximum absolute atomic E-state index is 13.5. The van der Waals surface area contributed by atoms with Gasteiger partial charge in [0.1, 0.15) is 5.82 Å². The van der Waals surface area contributed by atoms with Crippen molar-refractivity contribution in [3.8, 4) is 0 Å². The van der Waals surface area contributed by atoms with Crippen LogP contribution in [0.1, 0.15) is 34.3 Å². The molecule has 2 amide bonds. The molecule has 0 bridgehead atoms. The average Bonchev–Trinajstić information content (AvgIpc) is 3.42. The van der Waals surface area contributed by atoms with Gasteiger partial charge in [0, 0.05) is 12.4 Å². The lowest BCUT2D eigenvalue weighted by Gasteiger charge is -2.18. The second kappa shape index (κ2) is 7.06. The molecule has 0 radical (unpaired) electrons. The summed E-state index contributed by atoms with van der Waals surface area (Å²) in [6.07, 6.45) is -1.33. The molecule has 28 heavy (non-hydrogen) atoms. The number of hydrogen-bond acceptors (Lipinski definition) is 5. The zero-order valence-corrected chi connectivity index (χ0v) is 14.5. The molecule has 0 aliphatic heterocycles. The van der Waals surface area contributed by atoms with Crippen molar-refractivity contribution in [2.75, 3.05) is 5.32 Å². The molecule has 148 valence electrons. The number of benzene rings is 1. The van der Waals surface area contributed by atoms with E-state index in [-0.39, 0.29) is 17.3 Å². The summed E-state index contributed by atoms with van der Waals surface area (Å²) in [5.41, 5.74) is 3.70. The van der Waals surface area contributed by atoms with Crippen LogP contribution in [0.3, 0.4) is 0 Å². The van der Waals surface area contributed by atoms with Gasteiger partial charge < -0.3 is 5.32 Å². The average molecular weight is 397 g/mol. The molecular formula is C17H15F4N5O2. The number of halogens is 4. The fourth-order valence-corrected chi connectivity index (χ4v) is 2.53. The molecule has 1 aromatic carbocycles. The van der Waals surface area contributed by atoms with Crippen molar-refractivity contribution < 1.29 is 27.2 Å². The largest absolute Gasteiger partial charge is 0.472 e. The van der Waals surface area contributed by atoms with Crippen molar-refractivity contribution in [3.05, 3.63) is 53.1 Å². The number of alkyl halides is 3. The Morgan fingerprint density at radius 1 is 1.11 bits per heavy atom. The van der Waals surface area contributed by atoms with Gasteiger partial charge in [-0.05, 0) is 37.0 Å². The Morgan fingerprint density at radius 2 is 1.75 bits per heavy atom. The van der Waals surface area contributed by atoms with Gasteiger partial charge in [0.25, 0.3) is 5.91 Å². The summed E-state index contributed by atoms with van der Waals surface area (Å²) in [7, 11) is 0. The Balaban J connectivity index is 1.64. The zero-order chi connectivity index (χ0) is 20.5. The van der Waals surface area contributed by atoms with Crippen molar-refractivity contribution in [2.45, 2.75) is 31.5 Å². The van der Waals surface area contributed by atoms with Crippen molar-refractivity contribution in [1.29, 1.82) is 0 Å². The summed E-state index contributed by atoms with van der Waals surface area (Å²) in [5, 5.41) is 3.13. The molecule has 2 aromatic rings. The predicted octanol–water partition coefficient (Wildman–Crippen LogP) is 2.35. The van der Waals surface area contributed by atoms with Gasteiger partial charge in [-0.25, -0.2) is 14.4 Å². The molecule has 11 heteroatoms. The van der Waals surface area contributed by atoms with Crippen LogP contribution in [-0.2, 0) is 10.3 Å². The summed E-state index contributed by atoms with van der Waals surface area (Å²) < 4.78 is 49.7.